The molecule has 1 aliphatic rings. The number of hydrogen-bond acceptors (Lipinski definition) is 3. The Morgan fingerprint density at radius 1 is 1.38 bits per heavy atom. The number of carbonyl (C=O) groups excluding carboxylic acids is 1. The predicted octanol–water partition coefficient (Wildman–Crippen LogP) is 2.20. The molecular formula is C15H17BrN4O. The smallest absolute Gasteiger partial charge is 0.257 e. The van der Waals surface area contributed by atoms with E-state index in [9.17, 15) is 4.79 Å². The molecule has 1 aliphatic heterocycles. The molecule has 0 unspecified atom stereocenters. The Morgan fingerprint density at radius 2 is 2.10 bits per heavy atom. The summed E-state index contributed by atoms with van der Waals surface area (Å²) in [4.78, 5) is 14.3. The van der Waals surface area contributed by atoms with Gasteiger partial charge in [0.25, 0.3) is 5.91 Å². The van der Waals surface area contributed by atoms with Crippen LogP contribution in [0.5, 0.6) is 0 Å². The van der Waals surface area contributed by atoms with Crippen molar-refractivity contribution in [3.8, 4) is 5.69 Å². The number of carbonyl (C=O) groups is 1. The molecule has 21 heavy (non-hydrogen) atoms. The Morgan fingerprint density at radius 3 is 2.71 bits per heavy atom. The Bertz CT molecular complexity index is 652. The first-order valence-electron chi connectivity index (χ1n) is 6.93. The SMILES string of the molecule is C[C@H]1[C@@H](N)CCN1C(=O)c1cnn(-c2ccc(Br)cc2)c1. The Labute approximate surface area is 131 Å². The van der Waals surface area contributed by atoms with Gasteiger partial charge in [0, 0.05) is 29.3 Å². The average molecular weight is 349 g/mol. The van der Waals surface area contributed by atoms with E-state index in [-0.39, 0.29) is 18.0 Å². The van der Waals surface area contributed by atoms with Crippen LogP contribution < -0.4 is 5.73 Å². The van der Waals surface area contributed by atoms with Crippen molar-refractivity contribution in [2.75, 3.05) is 6.54 Å². The second-order valence-electron chi connectivity index (χ2n) is 5.34. The third-order valence-electron chi connectivity index (χ3n) is 4.00. The molecule has 5 nitrogen and oxygen atoms in total. The predicted molar refractivity (Wildman–Crippen MR) is 84.4 cm³/mol. The van der Waals surface area contributed by atoms with E-state index >= 15 is 0 Å². The minimum Gasteiger partial charge on any atom is -0.334 e. The van der Waals surface area contributed by atoms with Crippen molar-refractivity contribution in [1.29, 1.82) is 0 Å². The molecule has 0 bridgehead atoms. The van der Waals surface area contributed by atoms with Crippen molar-refractivity contribution in [1.82, 2.24) is 14.7 Å². The van der Waals surface area contributed by atoms with E-state index in [1.54, 1.807) is 17.1 Å². The summed E-state index contributed by atoms with van der Waals surface area (Å²) in [5.74, 6) is -0.00110. The Kier molecular flexibility index (Phi) is 3.82. The summed E-state index contributed by atoms with van der Waals surface area (Å²) in [5.41, 5.74) is 7.49. The van der Waals surface area contributed by atoms with Crippen LogP contribution in [0.4, 0.5) is 0 Å². The molecule has 1 saturated heterocycles. The van der Waals surface area contributed by atoms with Gasteiger partial charge in [0.1, 0.15) is 0 Å². The third-order valence-corrected chi connectivity index (χ3v) is 4.52. The number of benzene rings is 1. The lowest BCUT2D eigenvalue weighted by Crippen LogP contribution is -2.40. The summed E-state index contributed by atoms with van der Waals surface area (Å²) in [6.07, 6.45) is 4.23. The molecule has 0 aliphatic carbocycles. The summed E-state index contributed by atoms with van der Waals surface area (Å²) in [5, 5.41) is 4.28. The average Bonchev–Trinajstić information content (AvgIpc) is 3.08. The van der Waals surface area contributed by atoms with Gasteiger partial charge in [-0.3, -0.25) is 4.79 Å². The fraction of sp³-hybridized carbons (Fsp3) is 0.333. The highest BCUT2D eigenvalue weighted by atomic mass is 79.9. The molecule has 0 saturated carbocycles. The Balaban J connectivity index is 1.82. The fourth-order valence-corrected chi connectivity index (χ4v) is 2.85. The highest BCUT2D eigenvalue weighted by Crippen LogP contribution is 2.20. The lowest BCUT2D eigenvalue weighted by atomic mass is 10.1. The number of likely N-dealkylation sites (tertiary alicyclic amines) is 1. The maximum atomic E-state index is 12.5. The van der Waals surface area contributed by atoms with Gasteiger partial charge in [0.15, 0.2) is 0 Å². The molecular weight excluding hydrogens is 332 g/mol. The molecule has 2 atom stereocenters. The zero-order valence-electron chi connectivity index (χ0n) is 11.7. The molecule has 1 aromatic heterocycles. The van der Waals surface area contributed by atoms with Crippen LogP contribution in [0.1, 0.15) is 23.7 Å². The van der Waals surface area contributed by atoms with Crippen molar-refractivity contribution in [2.24, 2.45) is 5.73 Å². The van der Waals surface area contributed by atoms with Crippen molar-refractivity contribution < 1.29 is 4.79 Å². The number of hydrogen-bond donors (Lipinski definition) is 1. The zero-order chi connectivity index (χ0) is 15.0. The van der Waals surface area contributed by atoms with Crippen LogP contribution in [0.25, 0.3) is 5.69 Å². The maximum absolute atomic E-state index is 12.5. The summed E-state index contributed by atoms with van der Waals surface area (Å²) < 4.78 is 2.72. The molecule has 3 rings (SSSR count). The van der Waals surface area contributed by atoms with Gasteiger partial charge in [-0.15, -0.1) is 0 Å². The van der Waals surface area contributed by atoms with Crippen LogP contribution in [0.2, 0.25) is 0 Å². The molecule has 1 amide bonds. The van der Waals surface area contributed by atoms with Gasteiger partial charge in [-0.05, 0) is 37.6 Å². The summed E-state index contributed by atoms with van der Waals surface area (Å²) in [6, 6.07) is 7.92. The van der Waals surface area contributed by atoms with Gasteiger partial charge in [0.2, 0.25) is 0 Å². The maximum Gasteiger partial charge on any atom is 0.257 e. The highest BCUT2D eigenvalue weighted by molar-refractivity contribution is 9.10. The van der Waals surface area contributed by atoms with E-state index in [1.165, 1.54) is 0 Å². The van der Waals surface area contributed by atoms with Crippen LogP contribution in [-0.2, 0) is 0 Å². The number of nitrogens with zero attached hydrogens (tertiary/aromatic N) is 3. The second-order valence-corrected chi connectivity index (χ2v) is 6.26. The first kappa shape index (κ1) is 14.3. The van der Waals surface area contributed by atoms with Gasteiger partial charge >= 0.3 is 0 Å². The van der Waals surface area contributed by atoms with E-state index in [2.05, 4.69) is 21.0 Å². The standard InChI is InChI=1S/C15H17BrN4O/c1-10-14(17)6-7-19(10)15(21)11-8-18-20(9-11)13-4-2-12(16)3-5-13/h2-5,8-10,14H,6-7,17H2,1H3/t10-,14-/m0/s1. The number of aromatic nitrogens is 2. The molecule has 0 spiro atoms. The largest absolute Gasteiger partial charge is 0.334 e. The minimum absolute atomic E-state index is 0.00110. The van der Waals surface area contributed by atoms with Crippen LogP contribution in [0.15, 0.2) is 41.1 Å². The first-order valence-corrected chi connectivity index (χ1v) is 7.73. The topological polar surface area (TPSA) is 64.2 Å². The number of halogens is 1. The molecule has 6 heteroatoms. The lowest BCUT2D eigenvalue weighted by Gasteiger charge is -2.22. The quantitative estimate of drug-likeness (QED) is 0.904. The zero-order valence-corrected chi connectivity index (χ0v) is 13.3. The van der Waals surface area contributed by atoms with Gasteiger partial charge in [-0.1, -0.05) is 15.9 Å². The molecule has 2 N–H and O–H groups in total. The van der Waals surface area contributed by atoms with Crippen molar-refractivity contribution >= 4 is 21.8 Å². The number of rotatable bonds is 2. The van der Waals surface area contributed by atoms with E-state index in [0.29, 0.717) is 12.1 Å². The molecule has 2 heterocycles. The minimum atomic E-state index is -0.00110. The second kappa shape index (κ2) is 5.61. The van der Waals surface area contributed by atoms with Gasteiger partial charge in [-0.2, -0.15) is 5.10 Å². The van der Waals surface area contributed by atoms with Gasteiger partial charge < -0.3 is 10.6 Å². The van der Waals surface area contributed by atoms with Gasteiger partial charge in [0.05, 0.1) is 17.4 Å². The molecule has 110 valence electrons. The van der Waals surface area contributed by atoms with Crippen LogP contribution in [0, 0.1) is 0 Å². The first-order chi connectivity index (χ1) is 10.1. The van der Waals surface area contributed by atoms with Crippen LogP contribution in [0.3, 0.4) is 0 Å². The molecule has 0 radical (unpaired) electrons. The highest BCUT2D eigenvalue weighted by Gasteiger charge is 2.32. The monoisotopic (exact) mass is 348 g/mol. The molecule has 1 fully saturated rings. The third kappa shape index (κ3) is 2.73. The van der Waals surface area contributed by atoms with Crippen molar-refractivity contribution in [3.63, 3.8) is 0 Å². The summed E-state index contributed by atoms with van der Waals surface area (Å²) in [7, 11) is 0. The normalized spacial score (nSPS) is 21.8. The molecule has 2 aromatic rings. The number of amides is 1. The van der Waals surface area contributed by atoms with Crippen LogP contribution >= 0.6 is 15.9 Å². The van der Waals surface area contributed by atoms with E-state index < -0.39 is 0 Å². The Hall–Kier alpha value is -1.66. The van der Waals surface area contributed by atoms with Crippen LogP contribution in [-0.4, -0.2) is 39.2 Å². The van der Waals surface area contributed by atoms with E-state index in [4.69, 9.17) is 5.73 Å². The number of nitrogens with two attached hydrogens (primary N) is 1. The van der Waals surface area contributed by atoms with Gasteiger partial charge in [-0.25, -0.2) is 4.68 Å². The van der Waals surface area contributed by atoms with E-state index in [1.807, 2.05) is 36.1 Å². The van der Waals surface area contributed by atoms with Crippen molar-refractivity contribution in [3.05, 3.63) is 46.7 Å². The van der Waals surface area contributed by atoms with E-state index in [0.717, 1.165) is 16.6 Å². The lowest BCUT2D eigenvalue weighted by molar-refractivity contribution is 0.0742. The summed E-state index contributed by atoms with van der Waals surface area (Å²) >= 11 is 3.40. The summed E-state index contributed by atoms with van der Waals surface area (Å²) in [6.45, 7) is 2.71. The fourth-order valence-electron chi connectivity index (χ4n) is 2.58. The molecule has 1 aromatic carbocycles. The van der Waals surface area contributed by atoms with Crippen molar-refractivity contribution in [2.45, 2.75) is 25.4 Å².